The van der Waals surface area contributed by atoms with Crippen LogP contribution in [0.4, 0.5) is 0 Å². The number of ether oxygens (including phenoxy) is 1. The summed E-state index contributed by atoms with van der Waals surface area (Å²) in [4.78, 5) is 20.9. The monoisotopic (exact) mass is 397 g/mol. The second kappa shape index (κ2) is 10.8. The van der Waals surface area contributed by atoms with E-state index in [-0.39, 0.29) is 5.91 Å². The van der Waals surface area contributed by atoms with Gasteiger partial charge in [-0.3, -0.25) is 14.7 Å². The van der Waals surface area contributed by atoms with E-state index in [9.17, 15) is 4.79 Å². The lowest BCUT2D eigenvalue weighted by Gasteiger charge is -2.36. The zero-order valence-electron chi connectivity index (χ0n) is 17.4. The summed E-state index contributed by atoms with van der Waals surface area (Å²) in [7, 11) is 3.45. The third kappa shape index (κ3) is 5.92. The third-order valence-corrected chi connectivity index (χ3v) is 5.20. The maximum atomic E-state index is 12.0. The number of rotatable bonds is 7. The van der Waals surface area contributed by atoms with Gasteiger partial charge in [-0.15, -0.1) is 0 Å². The second-order valence-corrected chi connectivity index (χ2v) is 7.14. The molecule has 7 nitrogen and oxygen atoms in total. The molecule has 2 aromatic carbocycles. The molecule has 1 aliphatic rings. The van der Waals surface area contributed by atoms with Gasteiger partial charge in [-0.1, -0.05) is 42.5 Å². The van der Waals surface area contributed by atoms with Crippen molar-refractivity contribution in [2.75, 3.05) is 60.0 Å². The minimum atomic E-state index is 0.0500. The predicted octanol–water partition coefficient (Wildman–Crippen LogP) is 1.30. The second-order valence-electron chi connectivity index (χ2n) is 7.14. The third-order valence-electron chi connectivity index (χ3n) is 5.20. The van der Waals surface area contributed by atoms with Crippen LogP contribution < -0.4 is 10.6 Å². The van der Waals surface area contributed by atoms with E-state index in [0.29, 0.717) is 19.7 Å². The molecule has 1 heterocycles. The molecule has 7 heteroatoms. The summed E-state index contributed by atoms with van der Waals surface area (Å²) in [5.74, 6) is 0.955. The first-order valence-corrected chi connectivity index (χ1v) is 10.1. The summed E-state index contributed by atoms with van der Waals surface area (Å²) < 4.78 is 4.96. The van der Waals surface area contributed by atoms with Gasteiger partial charge in [-0.2, -0.15) is 0 Å². The molecular formula is C22H31N5O2. The molecular weight excluding hydrogens is 366 g/mol. The van der Waals surface area contributed by atoms with Crippen molar-refractivity contribution in [1.29, 1.82) is 0 Å². The first-order chi connectivity index (χ1) is 14.2. The van der Waals surface area contributed by atoms with Crippen LogP contribution in [0, 0.1) is 0 Å². The Balaban J connectivity index is 1.48. The van der Waals surface area contributed by atoms with Gasteiger partial charge in [0.05, 0.1) is 13.2 Å². The van der Waals surface area contributed by atoms with Crippen molar-refractivity contribution in [3.05, 3.63) is 48.0 Å². The molecule has 156 valence electrons. The Kier molecular flexibility index (Phi) is 7.84. The number of amides is 1. The zero-order chi connectivity index (χ0) is 20.5. The Bertz CT molecular complexity index is 826. The molecule has 0 aromatic heterocycles. The molecule has 1 fully saturated rings. The Morgan fingerprint density at radius 1 is 1.07 bits per heavy atom. The van der Waals surface area contributed by atoms with Gasteiger partial charge in [0.2, 0.25) is 5.91 Å². The molecule has 2 aromatic rings. The Hall–Kier alpha value is -2.64. The van der Waals surface area contributed by atoms with Crippen LogP contribution in [0.1, 0.15) is 5.56 Å². The fourth-order valence-corrected chi connectivity index (χ4v) is 3.62. The van der Waals surface area contributed by atoms with Gasteiger partial charge in [0, 0.05) is 53.4 Å². The summed E-state index contributed by atoms with van der Waals surface area (Å²) in [5.41, 5.74) is 1.26. The molecule has 0 saturated carbocycles. The standard InChI is InChI=1S/C22H31N5O2/c1-23-22(25-16-19-8-5-7-18-6-3-4-9-20(18)19)27-13-11-26(12-14-27)17-21(28)24-10-15-29-2/h3-9H,10-17H2,1-2H3,(H,23,25)(H,24,28). The summed E-state index contributed by atoms with van der Waals surface area (Å²) >= 11 is 0. The topological polar surface area (TPSA) is 69.2 Å². The highest BCUT2D eigenvalue weighted by atomic mass is 16.5. The molecule has 1 amide bonds. The number of benzene rings is 2. The largest absolute Gasteiger partial charge is 0.383 e. The number of fused-ring (bicyclic) bond motifs is 1. The number of nitrogens with zero attached hydrogens (tertiary/aromatic N) is 3. The van der Waals surface area contributed by atoms with Gasteiger partial charge in [-0.05, 0) is 16.3 Å². The molecule has 0 spiro atoms. The van der Waals surface area contributed by atoms with Crippen molar-refractivity contribution in [1.82, 2.24) is 20.4 Å². The number of piperazine rings is 1. The van der Waals surface area contributed by atoms with Gasteiger partial charge in [0.1, 0.15) is 0 Å². The number of nitrogens with one attached hydrogen (secondary N) is 2. The van der Waals surface area contributed by atoms with Crippen LogP contribution >= 0.6 is 0 Å². The van der Waals surface area contributed by atoms with Crippen LogP contribution in [0.3, 0.4) is 0 Å². The molecule has 0 unspecified atom stereocenters. The first-order valence-electron chi connectivity index (χ1n) is 10.1. The molecule has 0 radical (unpaired) electrons. The number of hydrogen-bond donors (Lipinski definition) is 2. The Morgan fingerprint density at radius 3 is 2.59 bits per heavy atom. The number of aliphatic imine (C=N–C) groups is 1. The van der Waals surface area contributed by atoms with E-state index >= 15 is 0 Å². The average Bonchev–Trinajstić information content (AvgIpc) is 2.75. The van der Waals surface area contributed by atoms with Gasteiger partial charge >= 0.3 is 0 Å². The fourth-order valence-electron chi connectivity index (χ4n) is 3.62. The highest BCUT2D eigenvalue weighted by Gasteiger charge is 2.21. The van der Waals surface area contributed by atoms with Crippen LogP contribution in [0.15, 0.2) is 47.5 Å². The minimum absolute atomic E-state index is 0.0500. The number of methoxy groups -OCH3 is 1. The van der Waals surface area contributed by atoms with Crippen LogP contribution in [-0.2, 0) is 16.1 Å². The minimum Gasteiger partial charge on any atom is -0.383 e. The Labute approximate surface area is 172 Å². The first kappa shape index (κ1) is 21.1. The number of guanidine groups is 1. The molecule has 1 aliphatic heterocycles. The summed E-state index contributed by atoms with van der Waals surface area (Å²) in [6.07, 6.45) is 0. The lowest BCUT2D eigenvalue weighted by Crippen LogP contribution is -2.54. The van der Waals surface area contributed by atoms with Crippen molar-refractivity contribution < 1.29 is 9.53 Å². The van der Waals surface area contributed by atoms with E-state index in [2.05, 4.69) is 67.9 Å². The van der Waals surface area contributed by atoms with Crippen molar-refractivity contribution in [2.24, 2.45) is 4.99 Å². The van der Waals surface area contributed by atoms with Crippen molar-refractivity contribution >= 4 is 22.6 Å². The van der Waals surface area contributed by atoms with E-state index in [1.807, 2.05) is 7.05 Å². The molecule has 3 rings (SSSR count). The quantitative estimate of drug-likeness (QED) is 0.419. The predicted molar refractivity (Wildman–Crippen MR) is 117 cm³/mol. The molecule has 0 bridgehead atoms. The van der Waals surface area contributed by atoms with Gasteiger partial charge in [0.25, 0.3) is 0 Å². The van der Waals surface area contributed by atoms with Crippen molar-refractivity contribution in [2.45, 2.75) is 6.54 Å². The maximum Gasteiger partial charge on any atom is 0.234 e. The highest BCUT2D eigenvalue weighted by Crippen LogP contribution is 2.18. The summed E-state index contributed by atoms with van der Waals surface area (Å²) in [6, 6.07) is 14.8. The van der Waals surface area contributed by atoms with Crippen LogP contribution in [-0.4, -0.2) is 81.7 Å². The van der Waals surface area contributed by atoms with E-state index in [1.165, 1.54) is 16.3 Å². The van der Waals surface area contributed by atoms with E-state index in [0.717, 1.165) is 38.7 Å². The molecule has 29 heavy (non-hydrogen) atoms. The molecule has 1 saturated heterocycles. The van der Waals surface area contributed by atoms with E-state index in [1.54, 1.807) is 7.11 Å². The molecule has 2 N–H and O–H groups in total. The number of hydrogen-bond acceptors (Lipinski definition) is 4. The fraction of sp³-hybridized carbons (Fsp3) is 0.455. The average molecular weight is 398 g/mol. The van der Waals surface area contributed by atoms with Crippen molar-refractivity contribution in [3.8, 4) is 0 Å². The number of carbonyl (C=O) groups excluding carboxylic acids is 1. The highest BCUT2D eigenvalue weighted by molar-refractivity contribution is 5.86. The summed E-state index contributed by atoms with van der Waals surface area (Å²) in [5, 5.41) is 8.89. The molecule has 0 aliphatic carbocycles. The normalized spacial score (nSPS) is 15.5. The number of carbonyl (C=O) groups is 1. The van der Waals surface area contributed by atoms with Crippen molar-refractivity contribution in [3.63, 3.8) is 0 Å². The van der Waals surface area contributed by atoms with E-state index in [4.69, 9.17) is 4.74 Å². The smallest absolute Gasteiger partial charge is 0.234 e. The summed E-state index contributed by atoms with van der Waals surface area (Å²) in [6.45, 7) is 5.63. The van der Waals surface area contributed by atoms with E-state index < -0.39 is 0 Å². The van der Waals surface area contributed by atoms with Crippen LogP contribution in [0.5, 0.6) is 0 Å². The van der Waals surface area contributed by atoms with Gasteiger partial charge in [-0.25, -0.2) is 0 Å². The SMILES string of the molecule is CN=C(NCc1cccc2ccccc12)N1CCN(CC(=O)NCCOC)CC1. The van der Waals surface area contributed by atoms with Gasteiger partial charge in [0.15, 0.2) is 5.96 Å². The maximum absolute atomic E-state index is 12.0. The zero-order valence-corrected chi connectivity index (χ0v) is 17.4. The van der Waals surface area contributed by atoms with Crippen LogP contribution in [0.25, 0.3) is 10.8 Å². The van der Waals surface area contributed by atoms with Gasteiger partial charge < -0.3 is 20.3 Å². The lowest BCUT2D eigenvalue weighted by atomic mass is 10.0. The van der Waals surface area contributed by atoms with Crippen LogP contribution in [0.2, 0.25) is 0 Å². The lowest BCUT2D eigenvalue weighted by molar-refractivity contribution is -0.122. The Morgan fingerprint density at radius 2 is 1.83 bits per heavy atom. The molecule has 0 atom stereocenters.